The number of hydrogen-bond acceptors (Lipinski definition) is 7. The number of ether oxygens (including phenoxy) is 1. The van der Waals surface area contributed by atoms with E-state index in [4.69, 9.17) is 9.84 Å². The first-order valence-electron chi connectivity index (χ1n) is 13.6. The Morgan fingerprint density at radius 2 is 1.82 bits per heavy atom. The van der Waals surface area contributed by atoms with E-state index in [2.05, 4.69) is 23.3 Å². The molecule has 38 heavy (non-hydrogen) atoms. The van der Waals surface area contributed by atoms with E-state index in [0.29, 0.717) is 31.8 Å². The molecule has 0 bridgehead atoms. The summed E-state index contributed by atoms with van der Waals surface area (Å²) >= 11 is 3.93. The Morgan fingerprint density at radius 1 is 1.05 bits per heavy atom. The van der Waals surface area contributed by atoms with Crippen LogP contribution in [0.1, 0.15) is 56.6 Å². The SMILES string of the molecule is O=C(CS)NCCCCCCNC(=O)[C@H]1C[C@H]2C(=O)N3CCC[C@H]3C(=O)N2[C@H]1c1cccc(OCCO)c1. The maximum absolute atomic E-state index is 13.6. The van der Waals surface area contributed by atoms with Crippen LogP contribution < -0.4 is 15.4 Å². The van der Waals surface area contributed by atoms with E-state index in [9.17, 15) is 19.2 Å². The molecule has 10 nitrogen and oxygen atoms in total. The molecular weight excluding hydrogens is 508 g/mol. The van der Waals surface area contributed by atoms with Crippen molar-refractivity contribution in [2.24, 2.45) is 5.92 Å². The van der Waals surface area contributed by atoms with Crippen LogP contribution >= 0.6 is 12.6 Å². The first-order valence-corrected chi connectivity index (χ1v) is 14.2. The van der Waals surface area contributed by atoms with Gasteiger partial charge in [-0.25, -0.2) is 0 Å². The van der Waals surface area contributed by atoms with Crippen molar-refractivity contribution < 1.29 is 29.0 Å². The van der Waals surface area contributed by atoms with E-state index in [1.807, 2.05) is 6.07 Å². The topological polar surface area (TPSA) is 128 Å². The lowest BCUT2D eigenvalue weighted by molar-refractivity contribution is -0.159. The number of aliphatic hydroxyl groups excluding tert-OH is 1. The summed E-state index contributed by atoms with van der Waals surface area (Å²) in [6.45, 7) is 1.73. The molecule has 0 aliphatic carbocycles. The Kier molecular flexibility index (Phi) is 9.90. The van der Waals surface area contributed by atoms with Gasteiger partial charge >= 0.3 is 0 Å². The van der Waals surface area contributed by atoms with Gasteiger partial charge in [0.25, 0.3) is 0 Å². The lowest BCUT2D eigenvalue weighted by atomic mass is 9.92. The van der Waals surface area contributed by atoms with Gasteiger partial charge in [0.15, 0.2) is 0 Å². The predicted octanol–water partition coefficient (Wildman–Crippen LogP) is 1.04. The molecule has 3 fully saturated rings. The third-order valence-electron chi connectivity index (χ3n) is 7.62. The molecule has 3 heterocycles. The second-order valence-corrected chi connectivity index (χ2v) is 10.4. The van der Waals surface area contributed by atoms with Crippen LogP contribution in [0, 0.1) is 5.92 Å². The number of nitrogens with one attached hydrogen (secondary N) is 2. The number of rotatable bonds is 13. The maximum atomic E-state index is 13.6. The average molecular weight is 547 g/mol. The number of piperazine rings is 1. The second-order valence-electron chi connectivity index (χ2n) is 10.1. The summed E-state index contributed by atoms with van der Waals surface area (Å²) in [4.78, 5) is 55.0. The minimum atomic E-state index is -0.646. The molecule has 0 saturated carbocycles. The average Bonchev–Trinajstić information content (AvgIpc) is 3.58. The Hall–Kier alpha value is -2.79. The molecule has 3 N–H and O–H groups in total. The van der Waals surface area contributed by atoms with Gasteiger partial charge < -0.3 is 30.3 Å². The molecule has 0 aromatic heterocycles. The minimum absolute atomic E-state index is 0.0647. The fourth-order valence-electron chi connectivity index (χ4n) is 5.86. The molecule has 0 unspecified atom stereocenters. The monoisotopic (exact) mass is 546 g/mol. The van der Waals surface area contributed by atoms with Gasteiger partial charge in [-0.05, 0) is 49.8 Å². The molecule has 208 valence electrons. The van der Waals surface area contributed by atoms with E-state index in [-0.39, 0.29) is 49.0 Å². The Balaban J connectivity index is 1.42. The van der Waals surface area contributed by atoms with Gasteiger partial charge in [-0.15, -0.1) is 0 Å². The molecule has 3 aliphatic heterocycles. The van der Waals surface area contributed by atoms with E-state index in [0.717, 1.165) is 37.7 Å². The van der Waals surface area contributed by atoms with Gasteiger partial charge in [-0.1, -0.05) is 25.0 Å². The number of carbonyl (C=O) groups is 4. The highest BCUT2D eigenvalue weighted by molar-refractivity contribution is 7.81. The summed E-state index contributed by atoms with van der Waals surface area (Å²) in [5.41, 5.74) is 0.749. The molecule has 4 atom stereocenters. The van der Waals surface area contributed by atoms with Crippen molar-refractivity contribution in [1.82, 2.24) is 20.4 Å². The quantitative estimate of drug-likeness (QED) is 0.216. The Morgan fingerprint density at radius 3 is 2.55 bits per heavy atom. The van der Waals surface area contributed by atoms with E-state index in [1.165, 1.54) is 0 Å². The predicted molar refractivity (Wildman–Crippen MR) is 144 cm³/mol. The van der Waals surface area contributed by atoms with Crippen molar-refractivity contribution in [1.29, 1.82) is 0 Å². The van der Waals surface area contributed by atoms with Crippen molar-refractivity contribution in [3.05, 3.63) is 29.8 Å². The normalized spacial score (nSPS) is 24.3. The minimum Gasteiger partial charge on any atom is -0.491 e. The number of benzene rings is 1. The highest BCUT2D eigenvalue weighted by atomic mass is 32.1. The second kappa shape index (κ2) is 13.3. The summed E-state index contributed by atoms with van der Waals surface area (Å²) in [5.74, 6) is -0.217. The molecular formula is C27H38N4O6S. The van der Waals surface area contributed by atoms with Crippen molar-refractivity contribution >= 4 is 36.3 Å². The molecule has 4 rings (SSSR count). The molecule has 0 radical (unpaired) electrons. The lowest BCUT2D eigenvalue weighted by Gasteiger charge is -2.41. The van der Waals surface area contributed by atoms with E-state index in [1.54, 1.807) is 28.0 Å². The number of fused-ring (bicyclic) bond motifs is 2. The number of unbranched alkanes of at least 4 members (excludes halogenated alkanes) is 3. The highest BCUT2D eigenvalue weighted by Crippen LogP contribution is 2.46. The van der Waals surface area contributed by atoms with Crippen LogP contribution in [0.2, 0.25) is 0 Å². The van der Waals surface area contributed by atoms with Gasteiger partial charge in [0.05, 0.1) is 24.3 Å². The van der Waals surface area contributed by atoms with Crippen LogP contribution in [0.15, 0.2) is 24.3 Å². The maximum Gasteiger partial charge on any atom is 0.246 e. The van der Waals surface area contributed by atoms with Crippen molar-refractivity contribution in [2.45, 2.75) is 63.1 Å². The van der Waals surface area contributed by atoms with Crippen LogP contribution in [-0.4, -0.2) is 89.2 Å². The van der Waals surface area contributed by atoms with E-state index >= 15 is 0 Å². The smallest absolute Gasteiger partial charge is 0.246 e. The Bertz CT molecular complexity index is 1020. The van der Waals surface area contributed by atoms with E-state index < -0.39 is 24.0 Å². The summed E-state index contributed by atoms with van der Waals surface area (Å²) < 4.78 is 5.59. The highest BCUT2D eigenvalue weighted by Gasteiger charge is 2.57. The van der Waals surface area contributed by atoms with Crippen LogP contribution in [0.4, 0.5) is 0 Å². The fraction of sp³-hybridized carbons (Fsp3) is 0.630. The van der Waals surface area contributed by atoms with Crippen LogP contribution in [0.5, 0.6) is 5.75 Å². The zero-order valence-corrected chi connectivity index (χ0v) is 22.5. The molecule has 4 amide bonds. The molecule has 1 aromatic carbocycles. The van der Waals surface area contributed by atoms with Gasteiger partial charge in [0.1, 0.15) is 24.4 Å². The van der Waals surface area contributed by atoms with Crippen LogP contribution in [0.25, 0.3) is 0 Å². The third kappa shape index (κ3) is 6.26. The summed E-state index contributed by atoms with van der Waals surface area (Å²) in [6.07, 6.45) is 5.26. The van der Waals surface area contributed by atoms with Crippen LogP contribution in [0.3, 0.4) is 0 Å². The van der Waals surface area contributed by atoms with Crippen molar-refractivity contribution in [3.63, 3.8) is 0 Å². The fourth-order valence-corrected chi connectivity index (χ4v) is 5.97. The van der Waals surface area contributed by atoms with Gasteiger partial charge in [-0.3, -0.25) is 19.2 Å². The zero-order chi connectivity index (χ0) is 27.1. The van der Waals surface area contributed by atoms with Gasteiger partial charge in [0.2, 0.25) is 23.6 Å². The Labute approximate surface area is 228 Å². The number of amides is 4. The van der Waals surface area contributed by atoms with Crippen molar-refractivity contribution in [3.8, 4) is 5.75 Å². The molecule has 3 aliphatic rings. The first kappa shape index (κ1) is 28.2. The first-order chi connectivity index (χ1) is 18.5. The summed E-state index contributed by atoms with van der Waals surface area (Å²) in [5, 5.41) is 15.0. The summed E-state index contributed by atoms with van der Waals surface area (Å²) in [7, 11) is 0. The number of hydrogen-bond donors (Lipinski definition) is 4. The third-order valence-corrected chi connectivity index (χ3v) is 7.91. The zero-order valence-electron chi connectivity index (χ0n) is 21.6. The molecule has 3 saturated heterocycles. The number of thiol groups is 1. The number of aliphatic hydroxyl groups is 1. The summed E-state index contributed by atoms with van der Waals surface area (Å²) in [6, 6.07) is 5.58. The van der Waals surface area contributed by atoms with Crippen molar-refractivity contribution in [2.75, 3.05) is 38.6 Å². The van der Waals surface area contributed by atoms with Gasteiger partial charge in [-0.2, -0.15) is 12.6 Å². The number of carbonyl (C=O) groups excluding carboxylic acids is 4. The molecule has 1 aromatic rings. The van der Waals surface area contributed by atoms with Gasteiger partial charge in [0, 0.05) is 19.6 Å². The standard InChI is InChI=1S/C27H38N4O6S/c32-13-14-37-19-8-5-7-18(15-19)24-20(25(34)29-11-4-2-1-3-10-28-23(33)17-38)16-22-26(35)30-12-6-9-21(30)27(36)31(22)24/h5,7-8,15,20-22,24,32,38H,1-4,6,9-14,16-17H2,(H,28,33)(H,29,34)/t20-,21-,22-,24-/m0/s1. The lowest BCUT2D eigenvalue weighted by Crippen LogP contribution is -2.60. The molecule has 11 heteroatoms. The largest absolute Gasteiger partial charge is 0.491 e. The van der Waals surface area contributed by atoms with Crippen LogP contribution in [-0.2, 0) is 19.2 Å². The number of nitrogens with zero attached hydrogens (tertiary/aromatic N) is 2. The molecule has 0 spiro atoms.